The molecule has 1 saturated heterocycles. The maximum Gasteiger partial charge on any atom is 0.136 e. The molecule has 0 unspecified atom stereocenters. The van der Waals surface area contributed by atoms with Gasteiger partial charge in [0.25, 0.3) is 0 Å². The number of piperazine rings is 1. The topological polar surface area (TPSA) is 37.4 Å². The van der Waals surface area contributed by atoms with Crippen molar-refractivity contribution in [1.82, 2.24) is 10.3 Å². The number of hydrogen-bond donors (Lipinski definition) is 1. The predicted molar refractivity (Wildman–Crippen MR) is 78.1 cm³/mol. The van der Waals surface area contributed by atoms with E-state index in [2.05, 4.69) is 34.3 Å². The standard InChI is InChI=1S/C15H19N3O/c1-11-10-17-15(18-7-5-16-6-8-18)14-9-12(19-2)3-4-13(11)14/h3-4,9-10,16H,5-8H2,1-2H3. The number of fused-ring (bicyclic) bond motifs is 1. The normalized spacial score (nSPS) is 15.8. The Labute approximate surface area is 113 Å². The maximum absolute atomic E-state index is 5.35. The zero-order chi connectivity index (χ0) is 13.2. The number of hydrogen-bond acceptors (Lipinski definition) is 4. The van der Waals surface area contributed by atoms with E-state index < -0.39 is 0 Å². The first-order valence-corrected chi connectivity index (χ1v) is 6.68. The van der Waals surface area contributed by atoms with Crippen LogP contribution in [-0.4, -0.2) is 38.3 Å². The molecule has 0 amide bonds. The molecule has 1 aromatic heterocycles. The molecule has 0 bridgehead atoms. The summed E-state index contributed by atoms with van der Waals surface area (Å²) < 4.78 is 5.35. The van der Waals surface area contributed by atoms with Crippen LogP contribution < -0.4 is 15.0 Å². The molecule has 4 nitrogen and oxygen atoms in total. The van der Waals surface area contributed by atoms with E-state index in [1.807, 2.05) is 12.3 Å². The van der Waals surface area contributed by atoms with E-state index in [1.54, 1.807) is 7.11 Å². The van der Waals surface area contributed by atoms with Crippen LogP contribution in [0.3, 0.4) is 0 Å². The van der Waals surface area contributed by atoms with E-state index >= 15 is 0 Å². The fraction of sp³-hybridized carbons (Fsp3) is 0.400. The summed E-state index contributed by atoms with van der Waals surface area (Å²) in [7, 11) is 1.70. The Morgan fingerprint density at radius 1 is 1.21 bits per heavy atom. The fourth-order valence-electron chi connectivity index (χ4n) is 2.60. The van der Waals surface area contributed by atoms with Gasteiger partial charge in [-0.1, -0.05) is 6.07 Å². The van der Waals surface area contributed by atoms with Gasteiger partial charge in [-0.15, -0.1) is 0 Å². The van der Waals surface area contributed by atoms with E-state index in [0.717, 1.165) is 37.7 Å². The highest BCUT2D eigenvalue weighted by Gasteiger charge is 2.15. The molecule has 1 aromatic carbocycles. The summed E-state index contributed by atoms with van der Waals surface area (Å²) >= 11 is 0. The molecule has 0 atom stereocenters. The van der Waals surface area contributed by atoms with Crippen LogP contribution in [0.15, 0.2) is 24.4 Å². The Hall–Kier alpha value is -1.81. The van der Waals surface area contributed by atoms with Crippen LogP contribution in [-0.2, 0) is 0 Å². The van der Waals surface area contributed by atoms with Gasteiger partial charge >= 0.3 is 0 Å². The van der Waals surface area contributed by atoms with Crippen molar-refractivity contribution in [3.63, 3.8) is 0 Å². The van der Waals surface area contributed by atoms with Gasteiger partial charge in [-0.05, 0) is 30.0 Å². The third-order valence-corrected chi connectivity index (χ3v) is 3.69. The van der Waals surface area contributed by atoms with Crippen molar-refractivity contribution in [2.24, 2.45) is 0 Å². The second-order valence-electron chi connectivity index (χ2n) is 4.91. The minimum absolute atomic E-state index is 0.885. The molecule has 2 aromatic rings. The average Bonchev–Trinajstić information content (AvgIpc) is 2.48. The first kappa shape index (κ1) is 12.2. The largest absolute Gasteiger partial charge is 0.497 e. The van der Waals surface area contributed by atoms with Gasteiger partial charge < -0.3 is 15.0 Å². The summed E-state index contributed by atoms with van der Waals surface area (Å²) in [6.07, 6.45) is 1.96. The van der Waals surface area contributed by atoms with E-state index in [1.165, 1.54) is 16.3 Å². The van der Waals surface area contributed by atoms with Gasteiger partial charge in [0.15, 0.2) is 0 Å². The third-order valence-electron chi connectivity index (χ3n) is 3.69. The van der Waals surface area contributed by atoms with Gasteiger partial charge in [0.05, 0.1) is 7.11 Å². The molecule has 0 spiro atoms. The lowest BCUT2D eigenvalue weighted by atomic mass is 10.1. The zero-order valence-electron chi connectivity index (χ0n) is 11.4. The van der Waals surface area contributed by atoms with Crippen LogP contribution in [0.4, 0.5) is 5.82 Å². The van der Waals surface area contributed by atoms with Crippen LogP contribution in [0.5, 0.6) is 5.75 Å². The molecule has 0 radical (unpaired) electrons. The Bertz CT molecular complexity index is 591. The quantitative estimate of drug-likeness (QED) is 0.892. The first-order valence-electron chi connectivity index (χ1n) is 6.68. The number of methoxy groups -OCH3 is 1. The van der Waals surface area contributed by atoms with Gasteiger partial charge in [0, 0.05) is 37.8 Å². The number of nitrogens with zero attached hydrogens (tertiary/aromatic N) is 2. The molecule has 4 heteroatoms. The van der Waals surface area contributed by atoms with Crippen LogP contribution in [0.25, 0.3) is 10.8 Å². The molecule has 100 valence electrons. The summed E-state index contributed by atoms with van der Waals surface area (Å²) in [5.74, 6) is 1.96. The maximum atomic E-state index is 5.35. The number of benzene rings is 1. The van der Waals surface area contributed by atoms with Crippen LogP contribution in [0.1, 0.15) is 5.56 Å². The molecule has 1 aliphatic rings. The summed E-state index contributed by atoms with van der Waals surface area (Å²) in [4.78, 5) is 6.99. The van der Waals surface area contributed by atoms with Gasteiger partial charge in [-0.2, -0.15) is 0 Å². The Morgan fingerprint density at radius 2 is 2.00 bits per heavy atom. The van der Waals surface area contributed by atoms with Crippen LogP contribution in [0.2, 0.25) is 0 Å². The van der Waals surface area contributed by atoms with Gasteiger partial charge in [-0.25, -0.2) is 4.98 Å². The highest BCUT2D eigenvalue weighted by atomic mass is 16.5. The minimum atomic E-state index is 0.885. The molecule has 2 heterocycles. The summed E-state index contributed by atoms with van der Waals surface area (Å²) in [6, 6.07) is 6.22. The molecule has 19 heavy (non-hydrogen) atoms. The lowest BCUT2D eigenvalue weighted by Crippen LogP contribution is -2.44. The fourth-order valence-corrected chi connectivity index (χ4v) is 2.60. The van der Waals surface area contributed by atoms with Crippen molar-refractivity contribution < 1.29 is 4.74 Å². The first-order chi connectivity index (χ1) is 9.29. The summed E-state index contributed by atoms with van der Waals surface area (Å²) in [5, 5.41) is 5.81. The van der Waals surface area contributed by atoms with E-state index in [0.29, 0.717) is 0 Å². The monoisotopic (exact) mass is 257 g/mol. The Kier molecular flexibility index (Phi) is 3.25. The van der Waals surface area contributed by atoms with E-state index in [-0.39, 0.29) is 0 Å². The number of pyridine rings is 1. The lowest BCUT2D eigenvalue weighted by molar-refractivity contribution is 0.415. The second kappa shape index (κ2) is 5.05. The number of rotatable bonds is 2. The highest BCUT2D eigenvalue weighted by molar-refractivity contribution is 5.95. The van der Waals surface area contributed by atoms with Gasteiger partial charge in [0.1, 0.15) is 11.6 Å². The van der Waals surface area contributed by atoms with E-state index in [4.69, 9.17) is 4.74 Å². The number of ether oxygens (including phenoxy) is 1. The van der Waals surface area contributed by atoms with Crippen molar-refractivity contribution in [1.29, 1.82) is 0 Å². The van der Waals surface area contributed by atoms with Crippen molar-refractivity contribution in [3.8, 4) is 5.75 Å². The van der Waals surface area contributed by atoms with Gasteiger partial charge in [-0.3, -0.25) is 0 Å². The Balaban J connectivity index is 2.14. The third kappa shape index (κ3) is 2.24. The van der Waals surface area contributed by atoms with Crippen molar-refractivity contribution in [2.45, 2.75) is 6.92 Å². The van der Waals surface area contributed by atoms with Crippen molar-refractivity contribution in [3.05, 3.63) is 30.0 Å². The average molecular weight is 257 g/mol. The van der Waals surface area contributed by atoms with Crippen molar-refractivity contribution >= 4 is 16.6 Å². The molecule has 1 fully saturated rings. The predicted octanol–water partition coefficient (Wildman–Crippen LogP) is 1.96. The molecule has 0 aliphatic carbocycles. The Morgan fingerprint density at radius 3 is 2.74 bits per heavy atom. The SMILES string of the molecule is COc1ccc2c(C)cnc(N3CCNCC3)c2c1. The molecular weight excluding hydrogens is 238 g/mol. The summed E-state index contributed by atoms with van der Waals surface area (Å²) in [6.45, 7) is 6.14. The zero-order valence-corrected chi connectivity index (χ0v) is 11.4. The molecule has 1 N–H and O–H groups in total. The smallest absolute Gasteiger partial charge is 0.136 e. The molecular formula is C15H19N3O. The second-order valence-corrected chi connectivity index (χ2v) is 4.91. The molecule has 1 aliphatic heterocycles. The summed E-state index contributed by atoms with van der Waals surface area (Å²) in [5.41, 5.74) is 1.21. The number of aromatic nitrogens is 1. The highest BCUT2D eigenvalue weighted by Crippen LogP contribution is 2.30. The number of anilines is 1. The number of aryl methyl sites for hydroxylation is 1. The molecule has 3 rings (SSSR count). The molecule has 0 saturated carbocycles. The number of nitrogens with one attached hydrogen (secondary N) is 1. The van der Waals surface area contributed by atoms with Crippen LogP contribution in [0, 0.1) is 6.92 Å². The minimum Gasteiger partial charge on any atom is -0.497 e. The lowest BCUT2D eigenvalue weighted by Gasteiger charge is -2.29. The van der Waals surface area contributed by atoms with E-state index in [9.17, 15) is 0 Å². The van der Waals surface area contributed by atoms with Crippen molar-refractivity contribution in [2.75, 3.05) is 38.2 Å². The van der Waals surface area contributed by atoms with Crippen LogP contribution >= 0.6 is 0 Å². The van der Waals surface area contributed by atoms with Gasteiger partial charge in [0.2, 0.25) is 0 Å².